The van der Waals surface area contributed by atoms with Gasteiger partial charge in [0.1, 0.15) is 0 Å². The van der Waals surface area contributed by atoms with Gasteiger partial charge in [0.25, 0.3) is 0 Å². The van der Waals surface area contributed by atoms with Crippen LogP contribution in [0.5, 0.6) is 0 Å². The number of fused-ring (bicyclic) bond motifs is 1. The van der Waals surface area contributed by atoms with Gasteiger partial charge in [-0.2, -0.15) is 0 Å². The van der Waals surface area contributed by atoms with Crippen LogP contribution >= 0.6 is 0 Å². The standard InChI is InChI=1S/C16H24N2/c1-2-13-7-6-8-14-15(9-10-17-16(13)14)18-11-4-3-5-12-18/h6-8,15,17H,2-5,9-12H2,1H3. The van der Waals surface area contributed by atoms with Crippen LogP contribution in [0.25, 0.3) is 0 Å². The maximum absolute atomic E-state index is 3.62. The lowest BCUT2D eigenvalue weighted by Crippen LogP contribution is -2.37. The van der Waals surface area contributed by atoms with E-state index in [0.29, 0.717) is 6.04 Å². The molecule has 0 aromatic heterocycles. The fourth-order valence-electron chi connectivity index (χ4n) is 3.51. The van der Waals surface area contributed by atoms with E-state index in [1.165, 1.54) is 50.0 Å². The second-order valence-electron chi connectivity index (χ2n) is 5.56. The van der Waals surface area contributed by atoms with Crippen LogP contribution in [0.2, 0.25) is 0 Å². The Morgan fingerprint density at radius 1 is 1.22 bits per heavy atom. The van der Waals surface area contributed by atoms with Gasteiger partial charge in [0.15, 0.2) is 0 Å². The summed E-state index contributed by atoms with van der Waals surface area (Å²) in [4.78, 5) is 2.71. The molecule has 0 aliphatic carbocycles. The lowest BCUT2D eigenvalue weighted by molar-refractivity contribution is 0.156. The first-order valence-electron chi connectivity index (χ1n) is 7.50. The zero-order valence-electron chi connectivity index (χ0n) is 11.4. The number of anilines is 1. The van der Waals surface area contributed by atoms with Crippen LogP contribution in [0.4, 0.5) is 5.69 Å². The molecule has 1 aromatic carbocycles. The minimum absolute atomic E-state index is 0.660. The number of para-hydroxylation sites is 1. The number of likely N-dealkylation sites (tertiary alicyclic amines) is 1. The molecule has 18 heavy (non-hydrogen) atoms. The fraction of sp³-hybridized carbons (Fsp3) is 0.625. The van der Waals surface area contributed by atoms with E-state index in [2.05, 4.69) is 35.3 Å². The Balaban J connectivity index is 1.91. The first-order chi connectivity index (χ1) is 8.90. The zero-order chi connectivity index (χ0) is 12.4. The smallest absolute Gasteiger partial charge is 0.0421 e. The molecule has 0 spiro atoms. The van der Waals surface area contributed by atoms with Gasteiger partial charge < -0.3 is 5.32 Å². The number of hydrogen-bond donors (Lipinski definition) is 1. The summed E-state index contributed by atoms with van der Waals surface area (Å²) < 4.78 is 0. The van der Waals surface area contributed by atoms with Gasteiger partial charge in [0.05, 0.1) is 0 Å². The van der Waals surface area contributed by atoms with Gasteiger partial charge in [-0.25, -0.2) is 0 Å². The van der Waals surface area contributed by atoms with Crippen molar-refractivity contribution in [3.8, 4) is 0 Å². The van der Waals surface area contributed by atoms with Gasteiger partial charge in [0, 0.05) is 18.3 Å². The monoisotopic (exact) mass is 244 g/mol. The Kier molecular flexibility index (Phi) is 3.55. The second-order valence-corrected chi connectivity index (χ2v) is 5.56. The molecule has 0 radical (unpaired) electrons. The highest BCUT2D eigenvalue weighted by molar-refractivity contribution is 5.60. The van der Waals surface area contributed by atoms with E-state index in [4.69, 9.17) is 0 Å². The molecule has 1 atom stereocenters. The van der Waals surface area contributed by atoms with E-state index in [1.807, 2.05) is 0 Å². The van der Waals surface area contributed by atoms with Gasteiger partial charge in [-0.05, 0) is 49.9 Å². The summed E-state index contributed by atoms with van der Waals surface area (Å²) in [5, 5.41) is 3.62. The zero-order valence-corrected chi connectivity index (χ0v) is 11.4. The van der Waals surface area contributed by atoms with Gasteiger partial charge in [-0.15, -0.1) is 0 Å². The van der Waals surface area contributed by atoms with Crippen LogP contribution in [0, 0.1) is 0 Å². The van der Waals surface area contributed by atoms with Crippen molar-refractivity contribution in [1.29, 1.82) is 0 Å². The summed E-state index contributed by atoms with van der Waals surface area (Å²) >= 11 is 0. The molecule has 2 heterocycles. The molecule has 0 bridgehead atoms. The number of nitrogens with zero attached hydrogens (tertiary/aromatic N) is 1. The summed E-state index contributed by atoms with van der Waals surface area (Å²) in [6.45, 7) is 5.97. The van der Waals surface area contributed by atoms with E-state index in [-0.39, 0.29) is 0 Å². The third-order valence-corrected chi connectivity index (χ3v) is 4.47. The molecule has 1 N–H and O–H groups in total. The highest BCUT2D eigenvalue weighted by Gasteiger charge is 2.27. The highest BCUT2D eigenvalue weighted by atomic mass is 15.2. The molecule has 2 heteroatoms. The summed E-state index contributed by atoms with van der Waals surface area (Å²) in [6.07, 6.45) is 6.58. The van der Waals surface area contributed by atoms with Crippen LogP contribution in [-0.2, 0) is 6.42 Å². The van der Waals surface area contributed by atoms with Crippen LogP contribution in [0.15, 0.2) is 18.2 Å². The SMILES string of the molecule is CCc1cccc2c1NCCC2N1CCCCC1. The average Bonchev–Trinajstić information content (AvgIpc) is 2.47. The van der Waals surface area contributed by atoms with E-state index in [9.17, 15) is 0 Å². The molecular formula is C16H24N2. The van der Waals surface area contributed by atoms with Crippen molar-refractivity contribution in [1.82, 2.24) is 4.90 Å². The predicted octanol–water partition coefficient (Wildman–Crippen LogP) is 3.59. The first kappa shape index (κ1) is 12.0. The Bertz CT molecular complexity index is 408. The molecule has 0 saturated carbocycles. The van der Waals surface area contributed by atoms with Gasteiger partial charge in [-0.1, -0.05) is 31.5 Å². The quantitative estimate of drug-likeness (QED) is 0.855. The number of benzene rings is 1. The van der Waals surface area contributed by atoms with E-state index >= 15 is 0 Å². The normalized spacial score (nSPS) is 24.4. The van der Waals surface area contributed by atoms with Crippen LogP contribution in [-0.4, -0.2) is 24.5 Å². The average molecular weight is 244 g/mol. The van der Waals surface area contributed by atoms with Crippen molar-refractivity contribution in [3.63, 3.8) is 0 Å². The molecular weight excluding hydrogens is 220 g/mol. The summed E-state index contributed by atoms with van der Waals surface area (Å²) in [7, 11) is 0. The van der Waals surface area contributed by atoms with Crippen molar-refractivity contribution in [2.75, 3.05) is 25.0 Å². The Morgan fingerprint density at radius 2 is 2.06 bits per heavy atom. The van der Waals surface area contributed by atoms with Gasteiger partial charge in [0.2, 0.25) is 0 Å². The minimum atomic E-state index is 0.660. The van der Waals surface area contributed by atoms with Crippen molar-refractivity contribution in [3.05, 3.63) is 29.3 Å². The van der Waals surface area contributed by atoms with E-state index in [0.717, 1.165) is 13.0 Å². The van der Waals surface area contributed by atoms with Crippen molar-refractivity contribution in [2.45, 2.75) is 45.1 Å². The van der Waals surface area contributed by atoms with Crippen LogP contribution in [0.3, 0.4) is 0 Å². The summed E-state index contributed by atoms with van der Waals surface area (Å²) in [5.41, 5.74) is 4.46. The molecule has 98 valence electrons. The molecule has 3 rings (SSSR count). The van der Waals surface area contributed by atoms with Crippen LogP contribution < -0.4 is 5.32 Å². The van der Waals surface area contributed by atoms with Gasteiger partial charge >= 0.3 is 0 Å². The van der Waals surface area contributed by atoms with Gasteiger partial charge in [-0.3, -0.25) is 4.90 Å². The number of rotatable bonds is 2. The number of aryl methyl sites for hydroxylation is 1. The fourth-order valence-corrected chi connectivity index (χ4v) is 3.51. The molecule has 2 aliphatic rings. The van der Waals surface area contributed by atoms with Crippen molar-refractivity contribution < 1.29 is 0 Å². The number of nitrogens with one attached hydrogen (secondary N) is 1. The Labute approximate surface area is 110 Å². The maximum Gasteiger partial charge on any atom is 0.0421 e. The Hall–Kier alpha value is -1.02. The summed E-state index contributed by atoms with van der Waals surface area (Å²) in [5.74, 6) is 0. The molecule has 2 nitrogen and oxygen atoms in total. The Morgan fingerprint density at radius 3 is 2.83 bits per heavy atom. The lowest BCUT2D eigenvalue weighted by atomic mass is 9.91. The molecule has 0 amide bonds. The molecule has 1 aromatic rings. The van der Waals surface area contributed by atoms with E-state index in [1.54, 1.807) is 5.56 Å². The van der Waals surface area contributed by atoms with Crippen molar-refractivity contribution in [2.24, 2.45) is 0 Å². The number of hydrogen-bond acceptors (Lipinski definition) is 2. The lowest BCUT2D eigenvalue weighted by Gasteiger charge is -2.39. The predicted molar refractivity (Wildman–Crippen MR) is 77.1 cm³/mol. The molecule has 1 saturated heterocycles. The first-order valence-corrected chi connectivity index (χ1v) is 7.50. The molecule has 1 fully saturated rings. The third kappa shape index (κ3) is 2.14. The van der Waals surface area contributed by atoms with E-state index < -0.39 is 0 Å². The van der Waals surface area contributed by atoms with Crippen LogP contribution in [0.1, 0.15) is 49.8 Å². The third-order valence-electron chi connectivity index (χ3n) is 4.47. The minimum Gasteiger partial charge on any atom is -0.384 e. The number of piperidine rings is 1. The largest absolute Gasteiger partial charge is 0.384 e. The van der Waals surface area contributed by atoms with Crippen molar-refractivity contribution >= 4 is 5.69 Å². The topological polar surface area (TPSA) is 15.3 Å². The molecule has 1 unspecified atom stereocenters. The second kappa shape index (κ2) is 5.31. The molecule has 2 aliphatic heterocycles. The highest BCUT2D eigenvalue weighted by Crippen LogP contribution is 2.37. The maximum atomic E-state index is 3.62. The summed E-state index contributed by atoms with van der Waals surface area (Å²) in [6, 6.07) is 7.50.